The van der Waals surface area contributed by atoms with E-state index in [9.17, 15) is 9.59 Å². The molecule has 2 N–H and O–H groups in total. The molecule has 0 aliphatic heterocycles. The number of nitrogens with zero attached hydrogens (tertiary/aromatic N) is 1. The van der Waals surface area contributed by atoms with Crippen LogP contribution < -0.4 is 16.1 Å². The average molecular weight is 458 g/mol. The number of benzene rings is 1. The first kappa shape index (κ1) is 23.6. The number of carbonyl (C=O) groups excluding carboxylic acids is 1. The van der Waals surface area contributed by atoms with E-state index in [0.717, 1.165) is 56.9 Å². The molecule has 1 amide bonds. The number of carbonyl (C=O) groups is 1. The number of alkyl carbamates (subject to hydrolysis) is 1. The number of halogens is 1. The topological polar surface area (TPSA) is 72.4 Å². The maximum absolute atomic E-state index is 15.1. The van der Waals surface area contributed by atoms with Crippen LogP contribution in [0.2, 0.25) is 0 Å². The zero-order chi connectivity index (χ0) is 23.6. The summed E-state index contributed by atoms with van der Waals surface area (Å²) >= 11 is 0. The zero-order valence-corrected chi connectivity index (χ0v) is 20.0. The standard InChI is InChI=1S/C26H36FN3O3/c1-26(2,3)33-25(32)28-15-17-16-30(19-11-7-8-12-19)23-14-22(21(27)13-20(23)24(17)31)29-18-9-5-4-6-10-18/h13-14,16,18-19,29H,4-12,15H2,1-3H3,(H,28,32). The summed E-state index contributed by atoms with van der Waals surface area (Å²) in [6.45, 7) is 5.41. The number of pyridine rings is 1. The minimum absolute atomic E-state index is 0.0418. The molecule has 0 bridgehead atoms. The molecule has 2 aromatic rings. The number of fused-ring (bicyclic) bond motifs is 1. The second-order valence-electron chi connectivity index (χ2n) is 10.5. The van der Waals surface area contributed by atoms with Crippen molar-refractivity contribution in [1.82, 2.24) is 9.88 Å². The lowest BCUT2D eigenvalue weighted by Gasteiger charge is -2.25. The Hall–Kier alpha value is -2.57. The highest BCUT2D eigenvalue weighted by molar-refractivity contribution is 5.84. The maximum Gasteiger partial charge on any atom is 0.407 e. The Bertz CT molecular complexity index is 1060. The monoisotopic (exact) mass is 457 g/mol. The van der Waals surface area contributed by atoms with Gasteiger partial charge in [-0.25, -0.2) is 9.18 Å². The summed E-state index contributed by atoms with van der Waals surface area (Å²) in [4.78, 5) is 25.4. The summed E-state index contributed by atoms with van der Waals surface area (Å²) < 4.78 is 22.5. The van der Waals surface area contributed by atoms with E-state index in [1.54, 1.807) is 20.8 Å². The fourth-order valence-corrected chi connectivity index (χ4v) is 5.10. The van der Waals surface area contributed by atoms with Gasteiger partial charge in [0.05, 0.1) is 17.7 Å². The van der Waals surface area contributed by atoms with Crippen molar-refractivity contribution in [3.8, 4) is 0 Å². The SMILES string of the molecule is CC(C)(C)OC(=O)NCc1cn(C2CCCC2)c2cc(NC3CCCCC3)c(F)cc2c1=O. The van der Waals surface area contributed by atoms with Crippen molar-refractivity contribution in [1.29, 1.82) is 0 Å². The van der Waals surface area contributed by atoms with Crippen molar-refractivity contribution in [3.63, 3.8) is 0 Å². The molecular weight excluding hydrogens is 421 g/mol. The van der Waals surface area contributed by atoms with Crippen molar-refractivity contribution in [2.24, 2.45) is 0 Å². The van der Waals surface area contributed by atoms with Crippen LogP contribution in [0.1, 0.15) is 90.2 Å². The number of nitrogens with one attached hydrogen (secondary N) is 2. The molecule has 33 heavy (non-hydrogen) atoms. The van der Waals surface area contributed by atoms with Gasteiger partial charge in [-0.3, -0.25) is 4.79 Å². The second kappa shape index (κ2) is 9.74. The second-order valence-corrected chi connectivity index (χ2v) is 10.5. The minimum atomic E-state index is -0.623. The van der Waals surface area contributed by atoms with E-state index in [1.807, 2.05) is 12.3 Å². The van der Waals surface area contributed by atoms with Crippen LogP contribution in [0, 0.1) is 5.82 Å². The Kier molecular flexibility index (Phi) is 6.96. The fraction of sp³-hybridized carbons (Fsp3) is 0.615. The summed E-state index contributed by atoms with van der Waals surface area (Å²) in [5, 5.41) is 6.43. The van der Waals surface area contributed by atoms with Crippen LogP contribution in [0.4, 0.5) is 14.9 Å². The number of anilines is 1. The molecule has 180 valence electrons. The van der Waals surface area contributed by atoms with Crippen LogP contribution in [-0.4, -0.2) is 22.3 Å². The summed E-state index contributed by atoms with van der Waals surface area (Å²) in [7, 11) is 0. The molecule has 0 saturated heterocycles. The molecule has 0 spiro atoms. The average Bonchev–Trinajstić information content (AvgIpc) is 3.29. The van der Waals surface area contributed by atoms with Gasteiger partial charge in [-0.1, -0.05) is 32.1 Å². The Morgan fingerprint density at radius 1 is 1.09 bits per heavy atom. The molecule has 7 heteroatoms. The molecule has 2 aliphatic rings. The number of ether oxygens (including phenoxy) is 1. The van der Waals surface area contributed by atoms with Crippen molar-refractivity contribution >= 4 is 22.7 Å². The van der Waals surface area contributed by atoms with Gasteiger partial charge in [0.15, 0.2) is 5.43 Å². The molecular formula is C26H36FN3O3. The first-order valence-electron chi connectivity index (χ1n) is 12.3. The van der Waals surface area contributed by atoms with Crippen LogP contribution in [0.15, 0.2) is 23.1 Å². The van der Waals surface area contributed by atoms with Crippen LogP contribution >= 0.6 is 0 Å². The van der Waals surface area contributed by atoms with E-state index in [0.29, 0.717) is 16.6 Å². The van der Waals surface area contributed by atoms with Gasteiger partial charge in [-0.15, -0.1) is 0 Å². The molecule has 4 rings (SSSR count). The predicted octanol–water partition coefficient (Wildman–Crippen LogP) is 6.03. The van der Waals surface area contributed by atoms with Gasteiger partial charge >= 0.3 is 6.09 Å². The normalized spacial score (nSPS) is 17.9. The third kappa shape index (κ3) is 5.68. The first-order valence-corrected chi connectivity index (χ1v) is 12.3. The molecule has 1 heterocycles. The van der Waals surface area contributed by atoms with E-state index >= 15 is 4.39 Å². The van der Waals surface area contributed by atoms with Crippen LogP contribution in [-0.2, 0) is 11.3 Å². The lowest BCUT2D eigenvalue weighted by atomic mass is 9.95. The summed E-state index contributed by atoms with van der Waals surface area (Å²) in [5.74, 6) is -0.402. The van der Waals surface area contributed by atoms with Gasteiger partial charge in [0.1, 0.15) is 11.4 Å². The number of hydrogen-bond acceptors (Lipinski definition) is 4. The maximum atomic E-state index is 15.1. The third-order valence-electron chi connectivity index (χ3n) is 6.70. The summed E-state index contributed by atoms with van der Waals surface area (Å²) in [5.41, 5.74) is 0.793. The number of hydrogen-bond donors (Lipinski definition) is 2. The van der Waals surface area contributed by atoms with E-state index < -0.39 is 17.5 Å². The smallest absolute Gasteiger partial charge is 0.407 e. The molecule has 0 radical (unpaired) electrons. The molecule has 6 nitrogen and oxygen atoms in total. The molecule has 0 unspecified atom stereocenters. The van der Waals surface area contributed by atoms with Gasteiger partial charge < -0.3 is 19.9 Å². The Labute approximate surface area is 194 Å². The molecule has 1 aromatic heterocycles. The largest absolute Gasteiger partial charge is 0.444 e. The third-order valence-corrected chi connectivity index (χ3v) is 6.70. The van der Waals surface area contributed by atoms with Gasteiger partial charge in [0.2, 0.25) is 0 Å². The highest BCUT2D eigenvalue weighted by Crippen LogP contribution is 2.34. The van der Waals surface area contributed by atoms with E-state index in [2.05, 4.69) is 15.2 Å². The number of rotatable bonds is 5. The van der Waals surface area contributed by atoms with Gasteiger partial charge in [0.25, 0.3) is 0 Å². The fourth-order valence-electron chi connectivity index (χ4n) is 5.10. The van der Waals surface area contributed by atoms with E-state index in [4.69, 9.17) is 4.74 Å². The Morgan fingerprint density at radius 3 is 2.42 bits per heavy atom. The lowest BCUT2D eigenvalue weighted by molar-refractivity contribution is 0.0523. The minimum Gasteiger partial charge on any atom is -0.444 e. The van der Waals surface area contributed by atoms with Gasteiger partial charge in [-0.2, -0.15) is 0 Å². The predicted molar refractivity (Wildman–Crippen MR) is 129 cm³/mol. The van der Waals surface area contributed by atoms with E-state index in [1.165, 1.54) is 12.5 Å². The molecule has 0 atom stereocenters. The number of amides is 1. The molecule has 2 fully saturated rings. The number of aromatic nitrogens is 1. The molecule has 1 aromatic carbocycles. The quantitative estimate of drug-likeness (QED) is 0.575. The van der Waals surface area contributed by atoms with Crippen LogP contribution in [0.25, 0.3) is 10.9 Å². The first-order chi connectivity index (χ1) is 15.7. The van der Waals surface area contributed by atoms with Gasteiger partial charge in [0, 0.05) is 29.2 Å². The highest BCUT2D eigenvalue weighted by atomic mass is 19.1. The molecule has 2 aliphatic carbocycles. The Balaban J connectivity index is 1.68. The Morgan fingerprint density at radius 2 is 1.76 bits per heavy atom. The van der Waals surface area contributed by atoms with Crippen molar-refractivity contribution in [3.05, 3.63) is 39.9 Å². The van der Waals surface area contributed by atoms with E-state index in [-0.39, 0.29) is 24.1 Å². The van der Waals surface area contributed by atoms with Crippen molar-refractivity contribution < 1.29 is 13.9 Å². The summed E-state index contributed by atoms with van der Waals surface area (Å²) in [6, 6.07) is 3.71. The lowest BCUT2D eigenvalue weighted by Crippen LogP contribution is -2.33. The molecule has 2 saturated carbocycles. The zero-order valence-electron chi connectivity index (χ0n) is 20.0. The van der Waals surface area contributed by atoms with Crippen molar-refractivity contribution in [2.45, 2.75) is 103 Å². The van der Waals surface area contributed by atoms with Gasteiger partial charge in [-0.05, 0) is 58.6 Å². The van der Waals surface area contributed by atoms with Crippen LogP contribution in [0.5, 0.6) is 0 Å². The van der Waals surface area contributed by atoms with Crippen LogP contribution in [0.3, 0.4) is 0 Å². The summed E-state index contributed by atoms with van der Waals surface area (Å²) in [6.07, 6.45) is 11.2. The highest BCUT2D eigenvalue weighted by Gasteiger charge is 2.23. The van der Waals surface area contributed by atoms with Crippen molar-refractivity contribution in [2.75, 3.05) is 5.32 Å².